The standard InChI is InChI=1S/C28H23ClF3N5O3S2/c29-22-11-8-20(28(30,31)32)17-23(22)34-27(41)37-15-13-36(14-16-37)26(38)19-6-9-21(10-7-19)35-42(39,40)24-5-1-3-18-4-2-12-33-25(18)24/h1-12,17,35H,13-16H2,(H,34,41). The molecular weight excluding hydrogens is 611 g/mol. The first-order valence-electron chi connectivity index (χ1n) is 12.6. The predicted octanol–water partition coefficient (Wildman–Crippen LogP) is 5.86. The molecule has 42 heavy (non-hydrogen) atoms. The number of carbonyl (C=O) groups excluding carboxylic acids is 1. The first-order valence-corrected chi connectivity index (χ1v) is 14.9. The van der Waals surface area contributed by atoms with Crippen molar-refractivity contribution < 1.29 is 26.4 Å². The fraction of sp³-hybridized carbons (Fsp3) is 0.179. The molecule has 1 aliphatic rings. The minimum absolute atomic E-state index is 0.0429. The van der Waals surface area contributed by atoms with E-state index in [4.69, 9.17) is 23.8 Å². The maximum Gasteiger partial charge on any atom is 0.416 e. The normalized spacial score (nSPS) is 14.1. The van der Waals surface area contributed by atoms with Gasteiger partial charge in [0.2, 0.25) is 0 Å². The number of hydrogen-bond acceptors (Lipinski definition) is 5. The summed E-state index contributed by atoms with van der Waals surface area (Å²) in [6, 6.07) is 17.4. The highest BCUT2D eigenvalue weighted by Gasteiger charge is 2.31. The Hall–Kier alpha value is -3.94. The second kappa shape index (κ2) is 11.7. The number of carbonyl (C=O) groups is 1. The smallest absolute Gasteiger partial charge is 0.345 e. The Kier molecular flexibility index (Phi) is 8.26. The molecule has 5 rings (SSSR count). The van der Waals surface area contributed by atoms with E-state index in [1.807, 2.05) is 0 Å². The average Bonchev–Trinajstić information content (AvgIpc) is 2.97. The fourth-order valence-electron chi connectivity index (χ4n) is 4.47. The van der Waals surface area contributed by atoms with Gasteiger partial charge in [-0.2, -0.15) is 13.2 Å². The molecule has 3 aromatic carbocycles. The van der Waals surface area contributed by atoms with Gasteiger partial charge < -0.3 is 15.1 Å². The molecule has 2 heterocycles. The second-order valence-electron chi connectivity index (χ2n) is 9.42. The summed E-state index contributed by atoms with van der Waals surface area (Å²) in [7, 11) is -3.94. The Morgan fingerprint density at radius 1 is 0.929 bits per heavy atom. The van der Waals surface area contributed by atoms with Crippen LogP contribution in [0.25, 0.3) is 10.9 Å². The van der Waals surface area contributed by atoms with Crippen molar-refractivity contribution in [2.75, 3.05) is 36.2 Å². The van der Waals surface area contributed by atoms with Gasteiger partial charge in [-0.1, -0.05) is 29.8 Å². The number of rotatable bonds is 5. The lowest BCUT2D eigenvalue weighted by Gasteiger charge is -2.36. The van der Waals surface area contributed by atoms with E-state index in [0.717, 1.165) is 18.2 Å². The van der Waals surface area contributed by atoms with Crippen molar-refractivity contribution in [3.05, 3.63) is 95.1 Å². The lowest BCUT2D eigenvalue weighted by Crippen LogP contribution is -2.51. The Balaban J connectivity index is 1.19. The summed E-state index contributed by atoms with van der Waals surface area (Å²) in [5, 5.41) is 3.76. The number of sulfonamides is 1. The summed E-state index contributed by atoms with van der Waals surface area (Å²) in [6.45, 7) is 1.34. The summed E-state index contributed by atoms with van der Waals surface area (Å²) < 4.78 is 67.9. The van der Waals surface area contributed by atoms with Gasteiger partial charge in [-0.05, 0) is 66.8 Å². The molecule has 1 amide bonds. The monoisotopic (exact) mass is 633 g/mol. The molecule has 2 N–H and O–H groups in total. The van der Waals surface area contributed by atoms with Crippen molar-refractivity contribution in [1.29, 1.82) is 0 Å². The number of thiocarbonyl (C=S) groups is 1. The minimum Gasteiger partial charge on any atom is -0.345 e. The molecule has 1 saturated heterocycles. The number of halogens is 4. The molecule has 4 aromatic rings. The zero-order valence-electron chi connectivity index (χ0n) is 21.7. The van der Waals surface area contributed by atoms with Crippen LogP contribution in [0.3, 0.4) is 0 Å². The summed E-state index contributed by atoms with van der Waals surface area (Å²) in [4.78, 5) is 20.7. The predicted molar refractivity (Wildman–Crippen MR) is 159 cm³/mol. The number of anilines is 2. The molecule has 14 heteroatoms. The minimum atomic E-state index is -4.52. The molecular formula is C28H23ClF3N5O3S2. The average molecular weight is 634 g/mol. The molecule has 218 valence electrons. The third kappa shape index (κ3) is 6.42. The van der Waals surface area contributed by atoms with E-state index in [1.165, 1.54) is 36.5 Å². The van der Waals surface area contributed by atoms with Crippen molar-refractivity contribution in [2.24, 2.45) is 0 Å². The van der Waals surface area contributed by atoms with Crippen molar-refractivity contribution in [3.8, 4) is 0 Å². The van der Waals surface area contributed by atoms with E-state index in [-0.39, 0.29) is 32.3 Å². The van der Waals surface area contributed by atoms with E-state index < -0.39 is 21.8 Å². The molecule has 0 unspecified atom stereocenters. The van der Waals surface area contributed by atoms with E-state index in [1.54, 1.807) is 34.1 Å². The molecule has 0 bridgehead atoms. The Labute approximate surface area is 250 Å². The van der Waals surface area contributed by atoms with Crippen LogP contribution in [0.4, 0.5) is 24.5 Å². The van der Waals surface area contributed by atoms with E-state index >= 15 is 0 Å². The zero-order valence-corrected chi connectivity index (χ0v) is 24.1. The largest absolute Gasteiger partial charge is 0.416 e. The molecule has 0 spiro atoms. The van der Waals surface area contributed by atoms with E-state index in [9.17, 15) is 26.4 Å². The van der Waals surface area contributed by atoms with Gasteiger partial charge in [0.05, 0.1) is 21.8 Å². The fourth-order valence-corrected chi connectivity index (χ4v) is 6.17. The lowest BCUT2D eigenvalue weighted by atomic mass is 10.1. The Morgan fingerprint density at radius 2 is 1.60 bits per heavy atom. The van der Waals surface area contributed by atoms with Crippen molar-refractivity contribution in [3.63, 3.8) is 0 Å². The quantitative estimate of drug-likeness (QED) is 0.266. The van der Waals surface area contributed by atoms with Crippen LogP contribution in [-0.4, -0.2) is 60.4 Å². The van der Waals surface area contributed by atoms with Crippen LogP contribution in [0, 0.1) is 0 Å². The Bertz CT molecular complexity index is 1760. The maximum atomic E-state index is 13.1. The number of alkyl halides is 3. The van der Waals surface area contributed by atoms with Crippen molar-refractivity contribution in [2.45, 2.75) is 11.1 Å². The molecule has 8 nitrogen and oxygen atoms in total. The molecule has 0 saturated carbocycles. The number of nitrogens with zero attached hydrogens (tertiary/aromatic N) is 3. The van der Waals surface area contributed by atoms with Crippen LogP contribution in [0.5, 0.6) is 0 Å². The van der Waals surface area contributed by atoms with Gasteiger partial charge >= 0.3 is 6.18 Å². The first-order chi connectivity index (χ1) is 19.9. The van der Waals surface area contributed by atoms with Gasteiger partial charge in [-0.3, -0.25) is 14.5 Å². The number of para-hydroxylation sites is 1. The van der Waals surface area contributed by atoms with Gasteiger partial charge in [-0.15, -0.1) is 0 Å². The van der Waals surface area contributed by atoms with Crippen LogP contribution in [0.2, 0.25) is 5.02 Å². The lowest BCUT2D eigenvalue weighted by molar-refractivity contribution is -0.137. The highest BCUT2D eigenvalue weighted by Crippen LogP contribution is 2.34. The van der Waals surface area contributed by atoms with Crippen LogP contribution in [0.15, 0.2) is 83.9 Å². The summed E-state index contributed by atoms with van der Waals surface area (Å²) in [6.07, 6.45) is -3.00. The molecule has 0 radical (unpaired) electrons. The van der Waals surface area contributed by atoms with Gasteiger partial charge in [0.25, 0.3) is 15.9 Å². The number of fused-ring (bicyclic) bond motifs is 1. The van der Waals surface area contributed by atoms with Gasteiger partial charge in [0.1, 0.15) is 4.90 Å². The summed E-state index contributed by atoms with van der Waals surface area (Å²) in [5.41, 5.74) is 0.203. The summed E-state index contributed by atoms with van der Waals surface area (Å²) >= 11 is 11.4. The third-order valence-corrected chi connectivity index (χ3v) is 8.76. The number of amides is 1. The zero-order chi connectivity index (χ0) is 30.1. The van der Waals surface area contributed by atoms with Crippen LogP contribution < -0.4 is 10.0 Å². The van der Waals surface area contributed by atoms with Crippen LogP contribution in [-0.2, 0) is 16.2 Å². The van der Waals surface area contributed by atoms with Gasteiger partial charge in [-0.25, -0.2) is 8.42 Å². The number of piperazine rings is 1. The number of pyridine rings is 1. The third-order valence-electron chi connectivity index (χ3n) is 6.66. The SMILES string of the molecule is O=C(c1ccc(NS(=O)(=O)c2cccc3cccnc23)cc1)N1CCN(C(=S)Nc2cc(C(F)(F)F)ccc2Cl)CC1. The highest BCUT2D eigenvalue weighted by atomic mass is 35.5. The molecule has 0 aliphatic carbocycles. The number of aromatic nitrogens is 1. The van der Waals surface area contributed by atoms with Crippen LogP contribution >= 0.6 is 23.8 Å². The number of benzene rings is 3. The second-order valence-corrected chi connectivity index (χ2v) is 11.9. The van der Waals surface area contributed by atoms with E-state index in [2.05, 4.69) is 15.0 Å². The highest BCUT2D eigenvalue weighted by molar-refractivity contribution is 7.93. The maximum absolute atomic E-state index is 13.1. The van der Waals surface area contributed by atoms with Gasteiger partial charge in [0.15, 0.2) is 5.11 Å². The molecule has 0 atom stereocenters. The molecule has 1 fully saturated rings. The van der Waals surface area contributed by atoms with Gasteiger partial charge in [0, 0.05) is 49.0 Å². The summed E-state index contributed by atoms with van der Waals surface area (Å²) in [5.74, 6) is -0.248. The van der Waals surface area contributed by atoms with E-state index in [0.29, 0.717) is 42.6 Å². The topological polar surface area (TPSA) is 94.6 Å². The van der Waals surface area contributed by atoms with Crippen molar-refractivity contribution in [1.82, 2.24) is 14.8 Å². The number of hydrogen-bond donors (Lipinski definition) is 2. The molecule has 1 aliphatic heterocycles. The molecule has 1 aromatic heterocycles. The van der Waals surface area contributed by atoms with Crippen LogP contribution in [0.1, 0.15) is 15.9 Å². The first kappa shape index (κ1) is 29.5. The Morgan fingerprint density at radius 3 is 2.29 bits per heavy atom. The number of nitrogens with one attached hydrogen (secondary N) is 2. The van der Waals surface area contributed by atoms with Crippen molar-refractivity contribution >= 4 is 67.1 Å².